The molecule has 0 N–H and O–H groups in total. The second-order valence-electron chi connectivity index (χ2n) is 5.74. The zero-order chi connectivity index (χ0) is 14.4. The number of hydrogen-bond acceptors (Lipinski definition) is 0. The molecule has 0 aliphatic rings. The van der Waals surface area contributed by atoms with E-state index in [-0.39, 0.29) is 12.4 Å². The van der Waals surface area contributed by atoms with Gasteiger partial charge in [-0.2, -0.15) is 0 Å². The molecule has 5 heteroatoms. The SMILES string of the molecule is CCc1ccc2cc(C(C)(C)C)[s+](C(F)(F)F)c2c1.[Cl-]. The number of halogens is 4. The third-order valence-electron chi connectivity index (χ3n) is 3.18. The molecule has 0 aliphatic carbocycles. The van der Waals surface area contributed by atoms with Crippen LogP contribution in [-0.4, -0.2) is 0 Å². The van der Waals surface area contributed by atoms with Crippen molar-refractivity contribution in [1.29, 1.82) is 0 Å². The Morgan fingerprint density at radius 2 is 1.65 bits per heavy atom. The molecule has 0 amide bonds. The highest BCUT2D eigenvalue weighted by Gasteiger charge is 2.50. The number of rotatable bonds is 1. The second kappa shape index (κ2) is 5.57. The minimum absolute atomic E-state index is 0. The zero-order valence-electron chi connectivity index (χ0n) is 11.9. The van der Waals surface area contributed by atoms with E-state index in [4.69, 9.17) is 0 Å². The number of thiophene rings is 1. The molecule has 0 saturated carbocycles. The fraction of sp³-hybridized carbons (Fsp3) is 0.467. The highest BCUT2D eigenvalue weighted by Crippen LogP contribution is 2.54. The first-order valence-corrected chi connectivity index (χ1v) is 7.53. The molecule has 2 aromatic rings. The van der Waals surface area contributed by atoms with Gasteiger partial charge in [-0.25, -0.2) is 0 Å². The van der Waals surface area contributed by atoms with Crippen LogP contribution in [0, 0.1) is 0 Å². The van der Waals surface area contributed by atoms with Crippen molar-refractivity contribution in [1.82, 2.24) is 0 Å². The van der Waals surface area contributed by atoms with Crippen LogP contribution < -0.4 is 12.4 Å². The molecule has 0 bridgehead atoms. The summed E-state index contributed by atoms with van der Waals surface area (Å²) in [6.45, 7) is 7.49. The number of alkyl halides is 3. The summed E-state index contributed by atoms with van der Waals surface area (Å²) in [5.41, 5.74) is -3.70. The summed E-state index contributed by atoms with van der Waals surface area (Å²) in [6.07, 6.45) is 0.757. The molecule has 1 aromatic carbocycles. The van der Waals surface area contributed by atoms with Crippen LogP contribution in [0.25, 0.3) is 10.1 Å². The van der Waals surface area contributed by atoms with Crippen LogP contribution in [0.4, 0.5) is 13.2 Å². The molecule has 0 radical (unpaired) electrons. The van der Waals surface area contributed by atoms with Gasteiger partial charge in [-0.1, -0.05) is 33.8 Å². The van der Waals surface area contributed by atoms with Gasteiger partial charge in [0.15, 0.2) is 9.58 Å². The Bertz CT molecular complexity index is 606. The molecule has 2 rings (SSSR count). The van der Waals surface area contributed by atoms with E-state index in [1.54, 1.807) is 12.1 Å². The molecule has 0 nitrogen and oxygen atoms in total. The Kier molecular flexibility index (Phi) is 4.82. The van der Waals surface area contributed by atoms with Crippen molar-refractivity contribution in [3.8, 4) is 0 Å². The molecule has 112 valence electrons. The minimum Gasteiger partial charge on any atom is -1.00 e. The van der Waals surface area contributed by atoms with Crippen molar-refractivity contribution >= 4 is 20.6 Å². The smallest absolute Gasteiger partial charge is 0.600 e. The molecule has 20 heavy (non-hydrogen) atoms. The number of benzene rings is 1. The Labute approximate surface area is 126 Å². The van der Waals surface area contributed by atoms with Gasteiger partial charge in [-0.3, -0.25) is 0 Å². The first-order valence-electron chi connectivity index (χ1n) is 6.31. The van der Waals surface area contributed by atoms with E-state index >= 15 is 0 Å². The molecule has 1 unspecified atom stereocenters. The van der Waals surface area contributed by atoms with Crippen LogP contribution in [0.1, 0.15) is 38.1 Å². The van der Waals surface area contributed by atoms with Crippen molar-refractivity contribution in [2.45, 2.75) is 45.0 Å². The monoisotopic (exact) mass is 322 g/mol. The summed E-state index contributed by atoms with van der Waals surface area (Å²) >= 11 is 0. The first kappa shape index (κ1) is 17.3. The third-order valence-corrected chi connectivity index (χ3v) is 5.61. The lowest BCUT2D eigenvalue weighted by atomic mass is 9.94. The van der Waals surface area contributed by atoms with Crippen LogP contribution >= 0.6 is 10.5 Å². The van der Waals surface area contributed by atoms with Gasteiger partial charge in [0.25, 0.3) is 0 Å². The standard InChI is InChI=1S/C15H18F3S.ClH/c1-5-10-6-7-11-9-13(14(2,3)4)19(12(11)8-10)15(16,17)18;/h6-9H,5H2,1-4H3;1H/q+1;/p-1. The van der Waals surface area contributed by atoms with E-state index in [0.29, 0.717) is 9.58 Å². The van der Waals surface area contributed by atoms with Gasteiger partial charge in [-0.05, 0) is 18.1 Å². The van der Waals surface area contributed by atoms with E-state index < -0.39 is 21.4 Å². The first-order chi connectivity index (χ1) is 8.64. The van der Waals surface area contributed by atoms with Crippen molar-refractivity contribution in [2.24, 2.45) is 0 Å². The molecular weight excluding hydrogens is 305 g/mol. The second-order valence-corrected chi connectivity index (χ2v) is 7.69. The van der Waals surface area contributed by atoms with Crippen LogP contribution in [0.2, 0.25) is 0 Å². The summed E-state index contributed by atoms with van der Waals surface area (Å²) in [7, 11) is -1.78. The Morgan fingerprint density at radius 1 is 1.05 bits per heavy atom. The molecule has 0 saturated heterocycles. The van der Waals surface area contributed by atoms with Gasteiger partial charge < -0.3 is 12.4 Å². The summed E-state index contributed by atoms with van der Waals surface area (Å²) in [4.78, 5) is 0.489. The van der Waals surface area contributed by atoms with Gasteiger partial charge in [0.05, 0.1) is 10.5 Å². The van der Waals surface area contributed by atoms with E-state index in [0.717, 1.165) is 17.4 Å². The van der Waals surface area contributed by atoms with Crippen molar-refractivity contribution < 1.29 is 25.6 Å². The number of hydrogen-bond donors (Lipinski definition) is 0. The molecule has 0 aliphatic heterocycles. The summed E-state index contributed by atoms with van der Waals surface area (Å²) in [5, 5.41) is 0.725. The zero-order valence-corrected chi connectivity index (χ0v) is 13.5. The lowest BCUT2D eigenvalue weighted by Gasteiger charge is -2.13. The van der Waals surface area contributed by atoms with Crippen molar-refractivity contribution in [3.63, 3.8) is 0 Å². The Balaban J connectivity index is 0.00000200. The van der Waals surface area contributed by atoms with Crippen molar-refractivity contribution in [2.75, 3.05) is 0 Å². The van der Waals surface area contributed by atoms with Crippen LogP contribution in [0.5, 0.6) is 0 Å². The number of fused-ring (bicyclic) bond motifs is 1. The van der Waals surface area contributed by atoms with Gasteiger partial charge >= 0.3 is 5.51 Å². The molecule has 1 aromatic heterocycles. The fourth-order valence-corrected chi connectivity index (χ4v) is 4.41. The lowest BCUT2D eigenvalue weighted by Crippen LogP contribution is -3.00. The third kappa shape index (κ3) is 3.12. The Hall–Kier alpha value is -0.740. The summed E-state index contributed by atoms with van der Waals surface area (Å²) in [5.74, 6) is 0. The topological polar surface area (TPSA) is 0 Å². The van der Waals surface area contributed by atoms with Gasteiger partial charge in [0.2, 0.25) is 0 Å². The van der Waals surface area contributed by atoms with Gasteiger partial charge in [0, 0.05) is 22.9 Å². The van der Waals surface area contributed by atoms with Gasteiger partial charge in [0.1, 0.15) is 0 Å². The van der Waals surface area contributed by atoms with E-state index in [1.807, 2.05) is 39.8 Å². The van der Waals surface area contributed by atoms with E-state index in [2.05, 4.69) is 0 Å². The largest absolute Gasteiger partial charge is 1.00 e. The highest BCUT2D eigenvalue weighted by atomic mass is 35.5. The predicted molar refractivity (Wildman–Crippen MR) is 75.8 cm³/mol. The molecule has 0 spiro atoms. The van der Waals surface area contributed by atoms with Crippen LogP contribution in [0.3, 0.4) is 0 Å². The Morgan fingerprint density at radius 3 is 2.10 bits per heavy atom. The molecule has 1 heterocycles. The maximum Gasteiger partial charge on any atom is 0.600 e. The van der Waals surface area contributed by atoms with E-state index in [9.17, 15) is 13.2 Å². The minimum atomic E-state index is -4.20. The maximum absolute atomic E-state index is 13.4. The normalized spacial score (nSPS) is 13.4. The molecule has 1 atom stereocenters. The number of aryl methyl sites for hydroxylation is 1. The maximum atomic E-state index is 13.4. The highest BCUT2D eigenvalue weighted by molar-refractivity contribution is 7.38. The molecular formula is C15H18ClF3S. The van der Waals surface area contributed by atoms with Crippen LogP contribution in [0.15, 0.2) is 24.3 Å². The van der Waals surface area contributed by atoms with E-state index in [1.165, 1.54) is 0 Å². The summed E-state index contributed by atoms with van der Waals surface area (Å²) in [6, 6.07) is 7.18. The van der Waals surface area contributed by atoms with Crippen LogP contribution in [-0.2, 0) is 17.3 Å². The average Bonchev–Trinajstić information content (AvgIpc) is 2.66. The molecule has 0 fully saturated rings. The summed E-state index contributed by atoms with van der Waals surface area (Å²) < 4.78 is 40.7. The lowest BCUT2D eigenvalue weighted by molar-refractivity contribution is -0.0869. The van der Waals surface area contributed by atoms with Crippen molar-refractivity contribution in [3.05, 3.63) is 34.7 Å². The average molecular weight is 323 g/mol. The quantitative estimate of drug-likeness (QED) is 0.708. The van der Waals surface area contributed by atoms with Gasteiger partial charge in [-0.15, -0.1) is 13.2 Å². The fourth-order valence-electron chi connectivity index (χ4n) is 2.19. The predicted octanol–water partition coefficient (Wildman–Crippen LogP) is 2.93.